The number of carboxylic acids is 1. The lowest BCUT2D eigenvalue weighted by molar-refractivity contribution is -0.137. The monoisotopic (exact) mass is 257 g/mol. The quantitative estimate of drug-likeness (QED) is 0.496. The van der Waals surface area contributed by atoms with Gasteiger partial charge in [-0.25, -0.2) is 0 Å². The fraction of sp³-hybridized carbons (Fsp3) is 0.846. The van der Waals surface area contributed by atoms with Crippen molar-refractivity contribution >= 4 is 11.9 Å². The van der Waals surface area contributed by atoms with Gasteiger partial charge in [0.25, 0.3) is 0 Å². The maximum atomic E-state index is 11.6. The lowest BCUT2D eigenvalue weighted by Crippen LogP contribution is -2.42. The Balaban J connectivity index is 2.19. The summed E-state index contributed by atoms with van der Waals surface area (Å²) >= 11 is 0. The average molecular weight is 257 g/mol. The third kappa shape index (κ3) is 6.00. The number of amides is 1. The van der Waals surface area contributed by atoms with Crippen LogP contribution in [-0.4, -0.2) is 34.2 Å². The Morgan fingerprint density at radius 2 is 1.72 bits per heavy atom. The molecule has 1 rings (SSSR count). The predicted molar refractivity (Wildman–Crippen MR) is 67.1 cm³/mol. The number of aliphatic carboxylic acids is 1. The number of carbonyl (C=O) groups is 2. The van der Waals surface area contributed by atoms with Crippen molar-refractivity contribution in [1.82, 2.24) is 5.32 Å². The molecule has 3 N–H and O–H groups in total. The number of nitrogens with one attached hydrogen (secondary N) is 1. The van der Waals surface area contributed by atoms with Gasteiger partial charge in [-0.2, -0.15) is 0 Å². The fourth-order valence-corrected chi connectivity index (χ4v) is 2.30. The Bertz CT molecular complexity index is 280. The molecule has 1 amide bonds. The van der Waals surface area contributed by atoms with E-state index in [9.17, 15) is 14.7 Å². The highest BCUT2D eigenvalue weighted by atomic mass is 16.4. The molecule has 0 aliphatic heterocycles. The average Bonchev–Trinajstić information content (AvgIpc) is 2.50. The van der Waals surface area contributed by atoms with Gasteiger partial charge < -0.3 is 15.5 Å². The van der Waals surface area contributed by atoms with Crippen LogP contribution in [0.3, 0.4) is 0 Å². The SMILES string of the molecule is O=C(O)CCCCC(=O)NC1CCCCCC1O. The van der Waals surface area contributed by atoms with Crippen molar-refractivity contribution in [2.45, 2.75) is 69.9 Å². The Hall–Kier alpha value is -1.10. The van der Waals surface area contributed by atoms with E-state index in [4.69, 9.17) is 5.11 Å². The first kappa shape index (κ1) is 15.0. The van der Waals surface area contributed by atoms with Crippen LogP contribution in [0.25, 0.3) is 0 Å². The van der Waals surface area contributed by atoms with Crippen molar-refractivity contribution in [2.75, 3.05) is 0 Å². The Morgan fingerprint density at radius 1 is 1.06 bits per heavy atom. The van der Waals surface area contributed by atoms with Crippen molar-refractivity contribution in [3.8, 4) is 0 Å². The number of carbonyl (C=O) groups excluding carboxylic acids is 1. The van der Waals surface area contributed by atoms with Gasteiger partial charge in [0.1, 0.15) is 0 Å². The minimum atomic E-state index is -0.824. The third-order valence-electron chi connectivity index (χ3n) is 3.37. The molecule has 0 aromatic rings. The van der Waals surface area contributed by atoms with Crippen LogP contribution in [0, 0.1) is 0 Å². The Morgan fingerprint density at radius 3 is 2.44 bits per heavy atom. The maximum absolute atomic E-state index is 11.6. The molecule has 104 valence electrons. The van der Waals surface area contributed by atoms with Gasteiger partial charge in [0, 0.05) is 12.8 Å². The van der Waals surface area contributed by atoms with Crippen LogP contribution in [-0.2, 0) is 9.59 Å². The molecule has 2 unspecified atom stereocenters. The second-order valence-electron chi connectivity index (χ2n) is 4.98. The lowest BCUT2D eigenvalue weighted by atomic mass is 10.1. The Labute approximate surface area is 108 Å². The molecule has 2 atom stereocenters. The van der Waals surface area contributed by atoms with Crippen LogP contribution in [0.1, 0.15) is 57.8 Å². The molecular formula is C13H23NO4. The van der Waals surface area contributed by atoms with E-state index in [0.717, 1.165) is 32.1 Å². The van der Waals surface area contributed by atoms with Crippen molar-refractivity contribution in [1.29, 1.82) is 0 Å². The van der Waals surface area contributed by atoms with Crippen LogP contribution >= 0.6 is 0 Å². The number of unbranched alkanes of at least 4 members (excludes halogenated alkanes) is 1. The molecule has 0 heterocycles. The smallest absolute Gasteiger partial charge is 0.303 e. The number of carboxylic acid groups (broad SMARTS) is 1. The zero-order valence-corrected chi connectivity index (χ0v) is 10.7. The summed E-state index contributed by atoms with van der Waals surface area (Å²) in [5.41, 5.74) is 0. The van der Waals surface area contributed by atoms with Gasteiger partial charge in [0.05, 0.1) is 12.1 Å². The summed E-state index contributed by atoms with van der Waals surface area (Å²) in [5.74, 6) is -0.902. The van der Waals surface area contributed by atoms with E-state index < -0.39 is 12.1 Å². The second kappa shape index (κ2) is 8.08. The summed E-state index contributed by atoms with van der Waals surface area (Å²) in [6.07, 6.45) is 5.89. The Kier molecular flexibility index (Phi) is 6.72. The van der Waals surface area contributed by atoms with Crippen LogP contribution in [0.15, 0.2) is 0 Å². The summed E-state index contributed by atoms with van der Waals surface area (Å²) in [5, 5.41) is 21.2. The molecule has 0 spiro atoms. The minimum Gasteiger partial charge on any atom is -0.481 e. The molecule has 1 aliphatic rings. The molecule has 5 nitrogen and oxygen atoms in total. The predicted octanol–water partition coefficient (Wildman–Crippen LogP) is 1.44. The van der Waals surface area contributed by atoms with E-state index in [1.807, 2.05) is 0 Å². The summed E-state index contributed by atoms with van der Waals surface area (Å²) in [6, 6.07) is -0.125. The zero-order valence-electron chi connectivity index (χ0n) is 10.7. The minimum absolute atomic E-state index is 0.0775. The van der Waals surface area contributed by atoms with Crippen LogP contribution in [0.5, 0.6) is 0 Å². The van der Waals surface area contributed by atoms with Crippen molar-refractivity contribution < 1.29 is 19.8 Å². The summed E-state index contributed by atoms with van der Waals surface area (Å²) in [4.78, 5) is 22.0. The van der Waals surface area contributed by atoms with Crippen molar-refractivity contribution in [3.05, 3.63) is 0 Å². The van der Waals surface area contributed by atoms with Crippen LogP contribution in [0.4, 0.5) is 0 Å². The van der Waals surface area contributed by atoms with E-state index in [2.05, 4.69) is 5.32 Å². The molecular weight excluding hydrogens is 234 g/mol. The molecule has 1 aliphatic carbocycles. The van der Waals surface area contributed by atoms with E-state index >= 15 is 0 Å². The standard InChI is InChI=1S/C13H23NO4/c15-11-7-3-1-2-6-10(11)14-12(16)8-4-5-9-13(17)18/h10-11,15H,1-9H2,(H,14,16)(H,17,18). The van der Waals surface area contributed by atoms with Crippen LogP contribution < -0.4 is 5.32 Å². The highest BCUT2D eigenvalue weighted by molar-refractivity contribution is 5.76. The molecule has 0 radical (unpaired) electrons. The van der Waals surface area contributed by atoms with E-state index in [1.165, 1.54) is 0 Å². The molecule has 0 saturated heterocycles. The van der Waals surface area contributed by atoms with Gasteiger partial charge >= 0.3 is 5.97 Å². The first-order chi connectivity index (χ1) is 8.59. The summed E-state index contributed by atoms with van der Waals surface area (Å²) in [7, 11) is 0. The van der Waals surface area contributed by atoms with Gasteiger partial charge in [-0.1, -0.05) is 19.3 Å². The number of aliphatic hydroxyl groups excluding tert-OH is 1. The zero-order chi connectivity index (χ0) is 13.4. The van der Waals surface area contributed by atoms with Gasteiger partial charge in [-0.05, 0) is 25.7 Å². The lowest BCUT2D eigenvalue weighted by Gasteiger charge is -2.21. The summed E-state index contributed by atoms with van der Waals surface area (Å²) in [6.45, 7) is 0. The van der Waals surface area contributed by atoms with E-state index in [1.54, 1.807) is 0 Å². The van der Waals surface area contributed by atoms with Crippen molar-refractivity contribution in [3.63, 3.8) is 0 Å². The van der Waals surface area contributed by atoms with Gasteiger partial charge in [0.2, 0.25) is 5.91 Å². The molecule has 0 aromatic heterocycles. The fourth-order valence-electron chi connectivity index (χ4n) is 2.30. The highest BCUT2D eigenvalue weighted by Gasteiger charge is 2.22. The first-order valence-electron chi connectivity index (χ1n) is 6.79. The topological polar surface area (TPSA) is 86.6 Å². The van der Waals surface area contributed by atoms with Crippen molar-refractivity contribution in [2.24, 2.45) is 0 Å². The number of hydrogen-bond donors (Lipinski definition) is 3. The van der Waals surface area contributed by atoms with E-state index in [0.29, 0.717) is 19.3 Å². The molecule has 0 aromatic carbocycles. The third-order valence-corrected chi connectivity index (χ3v) is 3.37. The molecule has 1 saturated carbocycles. The maximum Gasteiger partial charge on any atom is 0.303 e. The molecule has 0 bridgehead atoms. The largest absolute Gasteiger partial charge is 0.481 e. The number of rotatable bonds is 6. The normalized spacial score (nSPS) is 24.3. The molecule has 18 heavy (non-hydrogen) atoms. The van der Waals surface area contributed by atoms with Gasteiger partial charge in [-0.3, -0.25) is 9.59 Å². The summed E-state index contributed by atoms with van der Waals surface area (Å²) < 4.78 is 0. The molecule has 1 fully saturated rings. The number of hydrogen-bond acceptors (Lipinski definition) is 3. The first-order valence-corrected chi connectivity index (χ1v) is 6.79. The number of aliphatic hydroxyl groups is 1. The second-order valence-corrected chi connectivity index (χ2v) is 4.98. The van der Waals surface area contributed by atoms with Gasteiger partial charge in [-0.15, -0.1) is 0 Å². The van der Waals surface area contributed by atoms with Gasteiger partial charge in [0.15, 0.2) is 0 Å². The molecule has 5 heteroatoms. The van der Waals surface area contributed by atoms with E-state index in [-0.39, 0.29) is 18.4 Å². The highest BCUT2D eigenvalue weighted by Crippen LogP contribution is 2.18. The van der Waals surface area contributed by atoms with Crippen LogP contribution in [0.2, 0.25) is 0 Å².